The molecular formula is C16H26N2O. The first-order valence-electron chi connectivity index (χ1n) is 7.89. The molecule has 2 aliphatic rings. The topological polar surface area (TPSA) is 19.6 Å². The summed E-state index contributed by atoms with van der Waals surface area (Å²) in [5, 5.41) is 0. The molecule has 0 atom stereocenters. The van der Waals surface area contributed by atoms with Gasteiger partial charge in [-0.3, -0.25) is 9.80 Å². The van der Waals surface area contributed by atoms with Crippen molar-refractivity contribution >= 4 is 0 Å². The first-order valence-corrected chi connectivity index (χ1v) is 7.89. The number of hydrogen-bond acceptors (Lipinski definition) is 3. The van der Waals surface area contributed by atoms with Gasteiger partial charge in [-0.25, -0.2) is 0 Å². The van der Waals surface area contributed by atoms with E-state index in [0.29, 0.717) is 6.17 Å². The molecule has 1 aromatic rings. The molecule has 0 radical (unpaired) electrons. The average molecular weight is 262 g/mol. The van der Waals surface area contributed by atoms with Crippen molar-refractivity contribution in [2.75, 3.05) is 26.2 Å². The Morgan fingerprint density at radius 2 is 1.37 bits per heavy atom. The zero-order valence-electron chi connectivity index (χ0n) is 12.1. The van der Waals surface area contributed by atoms with E-state index in [4.69, 9.17) is 4.42 Å². The van der Waals surface area contributed by atoms with Gasteiger partial charge < -0.3 is 4.42 Å². The molecule has 0 amide bonds. The van der Waals surface area contributed by atoms with Crippen molar-refractivity contribution in [1.29, 1.82) is 0 Å². The molecule has 0 saturated carbocycles. The van der Waals surface area contributed by atoms with E-state index >= 15 is 0 Å². The van der Waals surface area contributed by atoms with Gasteiger partial charge in [0.05, 0.1) is 0 Å². The monoisotopic (exact) mass is 262 g/mol. The van der Waals surface area contributed by atoms with Crippen LogP contribution in [-0.2, 0) is 0 Å². The first-order chi connectivity index (χ1) is 9.34. The molecule has 3 heterocycles. The predicted molar refractivity (Wildman–Crippen MR) is 77.0 cm³/mol. The lowest BCUT2D eigenvalue weighted by Crippen LogP contribution is -2.45. The van der Waals surface area contributed by atoms with Gasteiger partial charge in [0, 0.05) is 26.2 Å². The van der Waals surface area contributed by atoms with Crippen molar-refractivity contribution in [2.24, 2.45) is 0 Å². The van der Waals surface area contributed by atoms with Crippen LogP contribution in [0.4, 0.5) is 0 Å². The van der Waals surface area contributed by atoms with Gasteiger partial charge in [0.25, 0.3) is 0 Å². The summed E-state index contributed by atoms with van der Waals surface area (Å²) < 4.78 is 5.97. The normalized spacial score (nSPS) is 23.1. The number of piperidine rings is 2. The molecule has 0 bridgehead atoms. The molecule has 2 aliphatic heterocycles. The van der Waals surface area contributed by atoms with E-state index in [9.17, 15) is 0 Å². The highest BCUT2D eigenvalue weighted by atomic mass is 16.3. The fourth-order valence-corrected chi connectivity index (χ4v) is 3.51. The highest BCUT2D eigenvalue weighted by molar-refractivity contribution is 5.10. The number of hydrogen-bond donors (Lipinski definition) is 0. The van der Waals surface area contributed by atoms with Crippen LogP contribution >= 0.6 is 0 Å². The SMILES string of the molecule is Cc1ccc(C(N2CCCCC2)N2CCCCC2)o1. The van der Waals surface area contributed by atoms with E-state index in [0.717, 1.165) is 11.5 Å². The summed E-state index contributed by atoms with van der Waals surface area (Å²) in [4.78, 5) is 5.26. The molecule has 2 fully saturated rings. The van der Waals surface area contributed by atoms with Crippen molar-refractivity contribution in [2.45, 2.75) is 51.6 Å². The lowest BCUT2D eigenvalue weighted by atomic mass is 10.1. The van der Waals surface area contributed by atoms with Crippen molar-refractivity contribution in [3.05, 3.63) is 23.7 Å². The van der Waals surface area contributed by atoms with Crippen molar-refractivity contribution in [1.82, 2.24) is 9.80 Å². The van der Waals surface area contributed by atoms with E-state index in [-0.39, 0.29) is 0 Å². The maximum Gasteiger partial charge on any atom is 0.136 e. The molecule has 19 heavy (non-hydrogen) atoms. The van der Waals surface area contributed by atoms with Crippen molar-refractivity contribution in [3.8, 4) is 0 Å². The summed E-state index contributed by atoms with van der Waals surface area (Å²) in [6.45, 7) is 6.94. The molecule has 0 aliphatic carbocycles. The Morgan fingerprint density at radius 1 is 0.842 bits per heavy atom. The van der Waals surface area contributed by atoms with Crippen LogP contribution in [0.5, 0.6) is 0 Å². The summed E-state index contributed by atoms with van der Waals surface area (Å²) >= 11 is 0. The number of rotatable bonds is 3. The van der Waals surface area contributed by atoms with Crippen molar-refractivity contribution in [3.63, 3.8) is 0 Å². The minimum atomic E-state index is 0.384. The molecule has 0 unspecified atom stereocenters. The molecule has 3 rings (SSSR count). The van der Waals surface area contributed by atoms with Gasteiger partial charge in [-0.1, -0.05) is 12.8 Å². The fraction of sp³-hybridized carbons (Fsp3) is 0.750. The Morgan fingerprint density at radius 3 is 1.79 bits per heavy atom. The lowest BCUT2D eigenvalue weighted by molar-refractivity contribution is 0.00206. The lowest BCUT2D eigenvalue weighted by Gasteiger charge is -2.41. The number of likely N-dealkylation sites (tertiary alicyclic amines) is 2. The maximum atomic E-state index is 5.97. The third-order valence-electron chi connectivity index (χ3n) is 4.49. The summed E-state index contributed by atoms with van der Waals surface area (Å²) in [6, 6.07) is 4.29. The van der Waals surface area contributed by atoms with Crippen LogP contribution in [0.3, 0.4) is 0 Å². The third kappa shape index (κ3) is 3.03. The molecule has 0 N–H and O–H groups in total. The zero-order valence-corrected chi connectivity index (χ0v) is 12.1. The minimum Gasteiger partial charge on any atom is -0.463 e. The fourth-order valence-electron chi connectivity index (χ4n) is 3.51. The number of furan rings is 1. The smallest absolute Gasteiger partial charge is 0.136 e. The van der Waals surface area contributed by atoms with Crippen molar-refractivity contribution < 1.29 is 4.42 Å². The summed E-state index contributed by atoms with van der Waals surface area (Å²) in [7, 11) is 0. The molecule has 0 spiro atoms. The van der Waals surface area contributed by atoms with Crippen LogP contribution in [0.25, 0.3) is 0 Å². The number of aryl methyl sites for hydroxylation is 1. The highest BCUT2D eigenvalue weighted by Gasteiger charge is 2.30. The van der Waals surface area contributed by atoms with Gasteiger partial charge in [0.2, 0.25) is 0 Å². The second-order valence-corrected chi connectivity index (χ2v) is 6.02. The van der Waals surface area contributed by atoms with Gasteiger partial charge >= 0.3 is 0 Å². The summed E-state index contributed by atoms with van der Waals surface area (Å²) in [5.74, 6) is 2.19. The van der Waals surface area contributed by atoms with Gasteiger partial charge in [0.15, 0.2) is 0 Å². The number of nitrogens with zero attached hydrogens (tertiary/aromatic N) is 2. The zero-order chi connectivity index (χ0) is 13.1. The van der Waals surface area contributed by atoms with E-state index in [1.54, 1.807) is 0 Å². The van der Waals surface area contributed by atoms with E-state index in [1.165, 1.54) is 64.7 Å². The predicted octanol–water partition coefficient (Wildman–Crippen LogP) is 3.56. The summed E-state index contributed by atoms with van der Waals surface area (Å²) in [5.41, 5.74) is 0. The molecule has 2 saturated heterocycles. The van der Waals surface area contributed by atoms with Crippen LogP contribution in [0.2, 0.25) is 0 Å². The average Bonchev–Trinajstić information content (AvgIpc) is 2.88. The molecule has 1 aromatic heterocycles. The highest BCUT2D eigenvalue weighted by Crippen LogP contribution is 2.31. The Bertz CT molecular complexity index is 371. The standard InChI is InChI=1S/C16H26N2O/c1-14-8-9-15(19-14)16(17-10-4-2-5-11-17)18-12-6-3-7-13-18/h8-9,16H,2-7,10-13H2,1H3. The molecule has 3 nitrogen and oxygen atoms in total. The minimum absolute atomic E-state index is 0.384. The molecule has 3 heteroatoms. The van der Waals surface area contributed by atoms with Crippen LogP contribution in [0, 0.1) is 6.92 Å². The Kier molecular flexibility index (Phi) is 4.24. The Hall–Kier alpha value is -0.800. The van der Waals surface area contributed by atoms with E-state index in [1.807, 2.05) is 6.92 Å². The third-order valence-corrected chi connectivity index (χ3v) is 4.49. The van der Waals surface area contributed by atoms with Crippen LogP contribution in [0.1, 0.15) is 56.2 Å². The Balaban J connectivity index is 1.81. The quantitative estimate of drug-likeness (QED) is 0.830. The molecule has 106 valence electrons. The second-order valence-electron chi connectivity index (χ2n) is 6.02. The van der Waals surface area contributed by atoms with Crippen LogP contribution in [0.15, 0.2) is 16.5 Å². The van der Waals surface area contributed by atoms with Crippen LogP contribution < -0.4 is 0 Å². The molecule has 0 aromatic carbocycles. The largest absolute Gasteiger partial charge is 0.463 e. The summed E-state index contributed by atoms with van der Waals surface area (Å²) in [6.07, 6.45) is 8.51. The first kappa shape index (κ1) is 13.2. The van der Waals surface area contributed by atoms with E-state index in [2.05, 4.69) is 21.9 Å². The maximum absolute atomic E-state index is 5.97. The Labute approximate surface area is 116 Å². The second kappa shape index (κ2) is 6.10. The molecular weight excluding hydrogens is 236 g/mol. The van der Waals surface area contributed by atoms with Gasteiger partial charge in [-0.2, -0.15) is 0 Å². The van der Waals surface area contributed by atoms with E-state index < -0.39 is 0 Å². The van der Waals surface area contributed by atoms with Gasteiger partial charge in [0.1, 0.15) is 17.7 Å². The van der Waals surface area contributed by atoms with Gasteiger partial charge in [-0.05, 0) is 44.7 Å². The van der Waals surface area contributed by atoms with Gasteiger partial charge in [-0.15, -0.1) is 0 Å². The van der Waals surface area contributed by atoms with Crippen LogP contribution in [-0.4, -0.2) is 36.0 Å².